The fourth-order valence-corrected chi connectivity index (χ4v) is 5.97. The van der Waals surface area contributed by atoms with Crippen molar-refractivity contribution in [3.8, 4) is 11.6 Å². The number of hydrogen-bond donors (Lipinski definition) is 1. The van der Waals surface area contributed by atoms with Gasteiger partial charge in [0, 0.05) is 25.4 Å². The molecule has 2 aromatic heterocycles. The van der Waals surface area contributed by atoms with E-state index in [0.29, 0.717) is 25.7 Å². The Hall–Kier alpha value is -2.48. The van der Waals surface area contributed by atoms with E-state index in [1.165, 1.54) is 6.26 Å². The van der Waals surface area contributed by atoms with Crippen molar-refractivity contribution in [2.75, 3.05) is 12.8 Å². The van der Waals surface area contributed by atoms with Crippen LogP contribution < -0.4 is 10.1 Å². The Morgan fingerprint density at radius 2 is 1.90 bits per heavy atom. The quantitative estimate of drug-likeness (QED) is 0.378. The third kappa shape index (κ3) is 7.80. The van der Waals surface area contributed by atoms with Crippen LogP contribution >= 0.6 is 11.6 Å². The molecule has 0 aromatic carbocycles. The van der Waals surface area contributed by atoms with E-state index >= 15 is 0 Å². The summed E-state index contributed by atoms with van der Waals surface area (Å²) in [5.74, 6) is -2.86. The van der Waals surface area contributed by atoms with Gasteiger partial charge in [0.05, 0.1) is 11.2 Å². The molecular formula is C24H30ClF5N4O4S. The molecular weight excluding hydrogens is 571 g/mol. The zero-order chi connectivity index (χ0) is 29.1. The summed E-state index contributed by atoms with van der Waals surface area (Å²) < 4.78 is 94.6. The Bertz CT molecular complexity index is 1280. The number of imidazole rings is 1. The average Bonchev–Trinajstić information content (AvgIpc) is 3.17. The number of hydrogen-bond acceptors (Lipinski definition) is 6. The highest BCUT2D eigenvalue weighted by Crippen LogP contribution is 2.34. The summed E-state index contributed by atoms with van der Waals surface area (Å²) >= 11 is 6.46. The normalized spacial score (nSPS) is 19.2. The van der Waals surface area contributed by atoms with Crippen LogP contribution in [0.5, 0.6) is 5.75 Å². The van der Waals surface area contributed by atoms with Crippen LogP contribution in [0.25, 0.3) is 5.82 Å². The van der Waals surface area contributed by atoms with E-state index in [-0.39, 0.29) is 52.2 Å². The average molecular weight is 601 g/mol. The maximum absolute atomic E-state index is 13.2. The predicted molar refractivity (Wildman–Crippen MR) is 134 cm³/mol. The number of alkyl halides is 5. The standard InChI is InChI=1S/C24H30ClF5N4O4S/c1-4-18-33-19(22(35)32-11-14-5-7-16(8-6-14)39(3,36)37)20(25)34(18)21-17(38-23(26)27)10-15(12-31-21)9-13(2)24(28,29)30/h10,12-14,16,23H,4-9,11H2,1-3H3,(H,32,35)/t13-,14-,16-/m0/s1. The van der Waals surface area contributed by atoms with E-state index in [2.05, 4.69) is 20.0 Å². The summed E-state index contributed by atoms with van der Waals surface area (Å²) in [6, 6.07) is 1.04. The predicted octanol–water partition coefficient (Wildman–Crippen LogP) is 5.16. The first-order valence-corrected chi connectivity index (χ1v) is 14.7. The van der Waals surface area contributed by atoms with Crippen molar-refractivity contribution >= 4 is 27.3 Å². The zero-order valence-electron chi connectivity index (χ0n) is 21.6. The number of ether oxygens (including phenoxy) is 1. The lowest BCUT2D eigenvalue weighted by atomic mass is 9.89. The fraction of sp³-hybridized carbons (Fsp3) is 0.625. The van der Waals surface area contributed by atoms with Gasteiger partial charge in [-0.25, -0.2) is 18.4 Å². The molecule has 0 spiro atoms. The number of carbonyl (C=O) groups is 1. The van der Waals surface area contributed by atoms with E-state index in [1.54, 1.807) is 6.92 Å². The zero-order valence-corrected chi connectivity index (χ0v) is 23.1. The first-order chi connectivity index (χ1) is 18.1. The van der Waals surface area contributed by atoms with Gasteiger partial charge in [0.2, 0.25) is 0 Å². The van der Waals surface area contributed by atoms with Gasteiger partial charge in [-0.3, -0.25) is 9.36 Å². The smallest absolute Gasteiger partial charge is 0.391 e. The van der Waals surface area contributed by atoms with E-state index in [0.717, 1.165) is 23.8 Å². The number of amides is 1. The van der Waals surface area contributed by atoms with Crippen LogP contribution in [0.3, 0.4) is 0 Å². The molecule has 1 aliphatic rings. The van der Waals surface area contributed by atoms with Crippen LogP contribution in [0.1, 0.15) is 61.4 Å². The monoisotopic (exact) mass is 600 g/mol. The number of carbonyl (C=O) groups excluding carboxylic acids is 1. The summed E-state index contributed by atoms with van der Waals surface area (Å²) in [6.07, 6.45) is -0.197. The van der Waals surface area contributed by atoms with Crippen molar-refractivity contribution < 1.29 is 39.9 Å². The lowest BCUT2D eigenvalue weighted by Crippen LogP contribution is -2.34. The van der Waals surface area contributed by atoms with E-state index < -0.39 is 46.6 Å². The summed E-state index contributed by atoms with van der Waals surface area (Å²) in [6.45, 7) is -0.381. The minimum atomic E-state index is -4.49. The van der Waals surface area contributed by atoms with Crippen molar-refractivity contribution in [1.29, 1.82) is 0 Å². The maximum atomic E-state index is 13.2. The molecule has 1 aliphatic carbocycles. The summed E-state index contributed by atoms with van der Waals surface area (Å²) in [5.41, 5.74) is -0.157. The van der Waals surface area contributed by atoms with Gasteiger partial charge in [-0.15, -0.1) is 0 Å². The van der Waals surface area contributed by atoms with Gasteiger partial charge in [0.15, 0.2) is 17.3 Å². The summed E-state index contributed by atoms with van der Waals surface area (Å²) in [5, 5.41) is 2.13. The van der Waals surface area contributed by atoms with Crippen LogP contribution in [0.4, 0.5) is 22.0 Å². The van der Waals surface area contributed by atoms with Gasteiger partial charge >= 0.3 is 12.8 Å². The maximum Gasteiger partial charge on any atom is 0.391 e. The molecule has 0 radical (unpaired) electrons. The van der Waals surface area contributed by atoms with Gasteiger partial charge in [-0.1, -0.05) is 25.4 Å². The number of sulfone groups is 1. The SMILES string of the molecule is CCc1nc(C(=O)NC[C@H]2CC[C@H](S(C)(=O)=O)CC2)c(Cl)n1-c1ncc(C[C@H](C)C(F)(F)F)cc1OC(F)F. The minimum absolute atomic E-state index is 0.0251. The minimum Gasteiger partial charge on any atom is -0.431 e. The molecule has 0 saturated heterocycles. The Kier molecular flexibility index (Phi) is 9.84. The van der Waals surface area contributed by atoms with E-state index in [1.807, 2.05) is 0 Å². The third-order valence-electron chi connectivity index (χ3n) is 6.79. The molecule has 2 heterocycles. The summed E-state index contributed by atoms with van der Waals surface area (Å²) in [7, 11) is -3.12. The molecule has 1 amide bonds. The van der Waals surface area contributed by atoms with E-state index in [9.17, 15) is 35.2 Å². The molecule has 8 nitrogen and oxygen atoms in total. The molecule has 39 heavy (non-hydrogen) atoms. The fourth-order valence-electron chi connectivity index (χ4n) is 4.54. The number of aryl methyl sites for hydroxylation is 1. The molecule has 1 N–H and O–H groups in total. The molecule has 1 saturated carbocycles. The molecule has 1 fully saturated rings. The van der Waals surface area contributed by atoms with Crippen LogP contribution in [0.2, 0.25) is 5.15 Å². The topological polar surface area (TPSA) is 103 Å². The van der Waals surface area contributed by atoms with Crippen LogP contribution in [-0.2, 0) is 22.7 Å². The van der Waals surface area contributed by atoms with Crippen molar-refractivity contribution in [2.24, 2.45) is 11.8 Å². The number of nitrogens with zero attached hydrogens (tertiary/aromatic N) is 3. The van der Waals surface area contributed by atoms with Gasteiger partial charge in [-0.2, -0.15) is 22.0 Å². The lowest BCUT2D eigenvalue weighted by molar-refractivity contribution is -0.169. The number of aromatic nitrogens is 3. The Morgan fingerprint density at radius 3 is 2.44 bits per heavy atom. The highest BCUT2D eigenvalue weighted by molar-refractivity contribution is 7.91. The van der Waals surface area contributed by atoms with Gasteiger partial charge < -0.3 is 10.1 Å². The van der Waals surface area contributed by atoms with Crippen molar-refractivity contribution in [1.82, 2.24) is 19.9 Å². The van der Waals surface area contributed by atoms with E-state index in [4.69, 9.17) is 11.6 Å². The number of halogens is 6. The molecule has 0 unspecified atom stereocenters. The second kappa shape index (κ2) is 12.4. The molecule has 2 aromatic rings. The first-order valence-electron chi connectivity index (χ1n) is 12.4. The van der Waals surface area contributed by atoms with Crippen LogP contribution in [0.15, 0.2) is 12.3 Å². The lowest BCUT2D eigenvalue weighted by Gasteiger charge is -2.27. The van der Waals surface area contributed by atoms with Crippen molar-refractivity contribution in [2.45, 2.75) is 70.4 Å². The number of pyridine rings is 1. The van der Waals surface area contributed by atoms with Gasteiger partial charge in [0.25, 0.3) is 5.91 Å². The first kappa shape index (κ1) is 31.1. The largest absolute Gasteiger partial charge is 0.431 e. The van der Waals surface area contributed by atoms with Crippen LogP contribution in [0, 0.1) is 11.8 Å². The highest BCUT2D eigenvalue weighted by atomic mass is 35.5. The van der Waals surface area contributed by atoms with Crippen molar-refractivity contribution in [3.63, 3.8) is 0 Å². The molecule has 15 heteroatoms. The number of nitrogens with one attached hydrogen (secondary N) is 1. The molecule has 1 atom stereocenters. The Labute approximate surface area is 228 Å². The van der Waals surface area contributed by atoms with Gasteiger partial charge in [-0.05, 0) is 49.7 Å². The molecule has 3 rings (SSSR count). The van der Waals surface area contributed by atoms with Crippen LogP contribution in [-0.4, -0.2) is 59.7 Å². The number of rotatable bonds is 10. The highest BCUT2D eigenvalue weighted by Gasteiger charge is 2.36. The molecule has 0 bridgehead atoms. The third-order valence-corrected chi connectivity index (χ3v) is 8.82. The summed E-state index contributed by atoms with van der Waals surface area (Å²) in [4.78, 5) is 21.2. The second-order valence-corrected chi connectivity index (χ2v) is 12.4. The molecule has 0 aliphatic heterocycles. The molecule has 218 valence electrons. The Balaban J connectivity index is 1.83. The van der Waals surface area contributed by atoms with Crippen molar-refractivity contribution in [3.05, 3.63) is 34.5 Å². The Morgan fingerprint density at radius 1 is 1.26 bits per heavy atom. The second-order valence-electron chi connectivity index (χ2n) is 9.73. The van der Waals surface area contributed by atoms with Gasteiger partial charge in [0.1, 0.15) is 20.8 Å².